The number of halogens is 1. The minimum atomic E-state index is -0.965. The number of hydrogen-bond acceptors (Lipinski definition) is 5. The normalized spacial score (nSPS) is 24.6. The molecular weight excluding hydrogens is 496 g/mol. The Morgan fingerprint density at radius 1 is 1.09 bits per heavy atom. The number of allylic oxidation sites excluding steroid dienone is 1. The Balaban J connectivity index is 1.57. The lowest BCUT2D eigenvalue weighted by molar-refractivity contribution is -0.151. The van der Waals surface area contributed by atoms with Crippen molar-refractivity contribution in [1.82, 2.24) is 0 Å². The van der Waals surface area contributed by atoms with E-state index in [1.165, 1.54) is 12.7 Å². The second-order valence-electron chi connectivity index (χ2n) is 9.13. The van der Waals surface area contributed by atoms with Crippen molar-refractivity contribution in [2.45, 2.75) is 57.0 Å². The summed E-state index contributed by atoms with van der Waals surface area (Å²) in [5, 5.41) is 0. The van der Waals surface area contributed by atoms with Gasteiger partial charge in [0.15, 0.2) is 11.6 Å². The summed E-state index contributed by atoms with van der Waals surface area (Å²) in [6.45, 7) is 3.76. The Morgan fingerprint density at radius 2 is 1.79 bits per heavy atom. The summed E-state index contributed by atoms with van der Waals surface area (Å²) in [5.41, 5.74) is 2.13. The molecule has 1 saturated heterocycles. The lowest BCUT2D eigenvalue weighted by Crippen LogP contribution is -2.39. The third-order valence-electron chi connectivity index (χ3n) is 6.21. The van der Waals surface area contributed by atoms with E-state index in [0.717, 1.165) is 31.2 Å². The van der Waals surface area contributed by atoms with E-state index < -0.39 is 17.4 Å². The van der Waals surface area contributed by atoms with E-state index in [4.69, 9.17) is 14.2 Å². The minimum Gasteiger partial charge on any atom is -0.465 e. The van der Waals surface area contributed by atoms with Crippen molar-refractivity contribution >= 4 is 33.8 Å². The van der Waals surface area contributed by atoms with Gasteiger partial charge >= 0.3 is 5.97 Å². The predicted octanol–water partition coefficient (Wildman–Crippen LogP) is 6.02. The van der Waals surface area contributed by atoms with E-state index in [0.29, 0.717) is 15.6 Å². The van der Waals surface area contributed by atoms with Crippen LogP contribution in [-0.4, -0.2) is 36.4 Å². The highest BCUT2D eigenvalue weighted by molar-refractivity contribution is 9.12. The van der Waals surface area contributed by atoms with Crippen LogP contribution < -0.4 is 0 Å². The zero-order valence-electron chi connectivity index (χ0n) is 19.7. The van der Waals surface area contributed by atoms with E-state index in [1.54, 1.807) is 24.3 Å². The van der Waals surface area contributed by atoms with E-state index in [9.17, 15) is 9.59 Å². The third-order valence-corrected chi connectivity index (χ3v) is 6.80. The van der Waals surface area contributed by atoms with Crippen molar-refractivity contribution in [3.05, 3.63) is 87.4 Å². The first kappa shape index (κ1) is 24.6. The first-order chi connectivity index (χ1) is 16.2. The van der Waals surface area contributed by atoms with Crippen LogP contribution in [0.25, 0.3) is 6.08 Å². The fourth-order valence-electron chi connectivity index (χ4n) is 4.67. The lowest BCUT2D eigenvalue weighted by atomic mass is 9.86. The van der Waals surface area contributed by atoms with Gasteiger partial charge in [0.05, 0.1) is 23.3 Å². The number of aryl methyl sites for hydroxylation is 1. The van der Waals surface area contributed by atoms with E-state index in [1.807, 2.05) is 32.1 Å². The lowest BCUT2D eigenvalue weighted by Gasteiger charge is -2.28. The van der Waals surface area contributed by atoms with Gasteiger partial charge in [0, 0.05) is 5.57 Å². The second kappa shape index (κ2) is 9.98. The Bertz CT molecular complexity index is 1120. The molecule has 2 aliphatic rings. The van der Waals surface area contributed by atoms with E-state index in [-0.39, 0.29) is 11.9 Å². The number of carbonyl (C=O) groups is 2. The van der Waals surface area contributed by atoms with Gasteiger partial charge in [0.1, 0.15) is 5.60 Å². The Morgan fingerprint density at radius 3 is 2.47 bits per heavy atom. The number of Topliss-reactive ketones (excluding diaryl/α,β-unsaturated/α-hetero) is 1. The zero-order chi connectivity index (χ0) is 24.3. The highest BCUT2D eigenvalue weighted by atomic mass is 79.9. The third kappa shape index (κ3) is 5.09. The standard InChI is InChI=1S/C28H29BrO5/c1-27(2)33-24(12-8-7-11-19-9-5-4-6-10-19)28(34-27)18-23(29)25(30)22(28)17-20-13-15-21(16-14-20)26(31)32-3/h4-6,9-10,13-18,24H,7-8,11-12H2,1-3H3/b22-17+/t24-,28-/m1/s1. The Hall–Kier alpha value is -2.54. The van der Waals surface area contributed by atoms with Gasteiger partial charge in [-0.05, 0) is 84.5 Å². The van der Waals surface area contributed by atoms with Crippen LogP contribution in [0.15, 0.2) is 70.7 Å². The summed E-state index contributed by atoms with van der Waals surface area (Å²) >= 11 is 3.43. The number of rotatable bonds is 7. The number of carbonyl (C=O) groups excluding carboxylic acids is 2. The molecule has 1 spiro atoms. The maximum absolute atomic E-state index is 13.2. The van der Waals surface area contributed by atoms with Crippen LogP contribution in [-0.2, 0) is 25.4 Å². The zero-order valence-corrected chi connectivity index (χ0v) is 21.3. The fourth-order valence-corrected chi connectivity index (χ4v) is 5.22. The molecule has 6 heteroatoms. The molecule has 1 aliphatic carbocycles. The highest BCUT2D eigenvalue weighted by Gasteiger charge is 2.58. The van der Waals surface area contributed by atoms with Gasteiger partial charge in [-0.25, -0.2) is 4.79 Å². The summed E-state index contributed by atoms with van der Waals surface area (Å²) in [4.78, 5) is 24.9. The van der Waals surface area contributed by atoms with Crippen LogP contribution in [0.4, 0.5) is 0 Å². The van der Waals surface area contributed by atoms with Crippen LogP contribution in [0.2, 0.25) is 0 Å². The molecule has 0 radical (unpaired) electrons. The van der Waals surface area contributed by atoms with Gasteiger partial charge in [-0.15, -0.1) is 0 Å². The van der Waals surface area contributed by atoms with E-state index >= 15 is 0 Å². The first-order valence-corrected chi connectivity index (χ1v) is 12.3. The Kier molecular flexibility index (Phi) is 7.22. The summed E-state index contributed by atoms with van der Waals surface area (Å²) < 4.78 is 18.0. The molecule has 0 amide bonds. The van der Waals surface area contributed by atoms with Gasteiger partial charge in [-0.2, -0.15) is 0 Å². The van der Waals surface area contributed by atoms with Gasteiger partial charge in [0.2, 0.25) is 0 Å². The molecule has 5 nitrogen and oxygen atoms in total. The van der Waals surface area contributed by atoms with Crippen LogP contribution >= 0.6 is 15.9 Å². The number of hydrogen-bond donors (Lipinski definition) is 0. The molecule has 4 rings (SSSR count). The second-order valence-corrected chi connectivity index (χ2v) is 9.98. The van der Waals surface area contributed by atoms with Gasteiger partial charge in [-0.1, -0.05) is 48.9 Å². The number of ketones is 1. The van der Waals surface area contributed by atoms with Gasteiger partial charge < -0.3 is 14.2 Å². The number of esters is 1. The molecule has 0 aromatic heterocycles. The summed E-state index contributed by atoms with van der Waals surface area (Å²) in [6, 6.07) is 17.4. The molecule has 2 aromatic carbocycles. The molecule has 1 heterocycles. The molecular formula is C28H29BrO5. The molecule has 2 atom stereocenters. The molecule has 1 fully saturated rings. The number of ether oxygens (including phenoxy) is 3. The smallest absolute Gasteiger partial charge is 0.337 e. The number of unbranched alkanes of at least 4 members (excludes halogenated alkanes) is 1. The number of benzene rings is 2. The first-order valence-electron chi connectivity index (χ1n) is 11.5. The SMILES string of the molecule is COC(=O)c1ccc(/C=C2\C(=O)C(Br)=C[C@@]23OC(C)(C)O[C@@H]3CCCCc2ccccc2)cc1. The van der Waals surface area contributed by atoms with Crippen LogP contribution in [0.3, 0.4) is 0 Å². The summed E-state index contributed by atoms with van der Waals surface area (Å²) in [6.07, 6.45) is 7.11. The van der Waals surface area contributed by atoms with Crippen molar-refractivity contribution in [2.24, 2.45) is 0 Å². The monoisotopic (exact) mass is 524 g/mol. The van der Waals surface area contributed by atoms with Crippen LogP contribution in [0, 0.1) is 0 Å². The van der Waals surface area contributed by atoms with Crippen molar-refractivity contribution < 1.29 is 23.8 Å². The quantitative estimate of drug-likeness (QED) is 0.251. The molecule has 178 valence electrons. The van der Waals surface area contributed by atoms with E-state index in [2.05, 4.69) is 40.2 Å². The van der Waals surface area contributed by atoms with Crippen molar-refractivity contribution in [2.75, 3.05) is 7.11 Å². The Labute approximate surface area is 208 Å². The molecule has 0 bridgehead atoms. The van der Waals surface area contributed by atoms with Gasteiger partial charge in [-0.3, -0.25) is 4.79 Å². The fraction of sp³-hybridized carbons (Fsp3) is 0.357. The van der Waals surface area contributed by atoms with Crippen molar-refractivity contribution in [3.8, 4) is 0 Å². The topological polar surface area (TPSA) is 61.8 Å². The number of methoxy groups -OCH3 is 1. The molecule has 0 saturated carbocycles. The molecule has 1 aliphatic heterocycles. The average molecular weight is 525 g/mol. The van der Waals surface area contributed by atoms with Gasteiger partial charge in [0.25, 0.3) is 0 Å². The maximum Gasteiger partial charge on any atom is 0.337 e. The van der Waals surface area contributed by atoms with Crippen LogP contribution in [0.1, 0.15) is 54.6 Å². The molecule has 0 unspecified atom stereocenters. The molecule has 0 N–H and O–H groups in total. The average Bonchev–Trinajstić information content (AvgIpc) is 3.22. The molecule has 34 heavy (non-hydrogen) atoms. The van der Waals surface area contributed by atoms with Crippen LogP contribution in [0.5, 0.6) is 0 Å². The maximum atomic E-state index is 13.2. The predicted molar refractivity (Wildman–Crippen MR) is 135 cm³/mol. The van der Waals surface area contributed by atoms with Crippen molar-refractivity contribution in [1.29, 1.82) is 0 Å². The minimum absolute atomic E-state index is 0.118. The van der Waals surface area contributed by atoms with Crippen molar-refractivity contribution in [3.63, 3.8) is 0 Å². The molecule has 2 aromatic rings. The summed E-state index contributed by atoms with van der Waals surface area (Å²) in [7, 11) is 1.35. The highest BCUT2D eigenvalue weighted by Crippen LogP contribution is 2.50. The largest absolute Gasteiger partial charge is 0.465 e. The summed E-state index contributed by atoms with van der Waals surface area (Å²) in [5.74, 6) is -1.35.